The molecular weight excluding hydrogens is 297 g/mol. The maximum atomic E-state index is 11.7. The van der Waals surface area contributed by atoms with Crippen LogP contribution in [0.1, 0.15) is 19.8 Å². The molecule has 0 radical (unpaired) electrons. The van der Waals surface area contributed by atoms with Crippen molar-refractivity contribution in [2.24, 2.45) is 5.92 Å². The fraction of sp³-hybridized carbons (Fsp3) is 0.778. The summed E-state index contributed by atoms with van der Waals surface area (Å²) in [5.74, 6) is -0.976. The summed E-state index contributed by atoms with van der Waals surface area (Å²) in [6, 6.07) is -0.590. The van der Waals surface area contributed by atoms with Crippen LogP contribution in [-0.2, 0) is 9.59 Å². The lowest BCUT2D eigenvalue weighted by Gasteiger charge is -2.23. The predicted octanol–water partition coefficient (Wildman–Crippen LogP) is 1.13. The molecule has 4 nitrogen and oxygen atoms in total. The maximum Gasteiger partial charge on any atom is 0.326 e. The number of hydrogen-bond donors (Lipinski definition) is 1. The van der Waals surface area contributed by atoms with Gasteiger partial charge in [-0.05, 0) is 12.8 Å². The number of carbonyl (C=O) groups is 2. The Morgan fingerprint density at radius 3 is 2.79 bits per heavy atom. The molecule has 2 atom stereocenters. The molecule has 0 bridgehead atoms. The Morgan fingerprint density at radius 1 is 1.64 bits per heavy atom. The quantitative estimate of drug-likeness (QED) is 0.628. The van der Waals surface area contributed by atoms with E-state index in [1.807, 2.05) is 6.92 Å². The number of likely N-dealkylation sites (tertiary alicyclic amines) is 1. The molecule has 1 N–H and O–H groups in total. The number of carboxylic acid groups (broad SMARTS) is 1. The van der Waals surface area contributed by atoms with E-state index in [-0.39, 0.29) is 11.8 Å². The number of alkyl halides is 1. The average Bonchev–Trinajstić information content (AvgIpc) is 2.63. The van der Waals surface area contributed by atoms with Crippen LogP contribution >= 0.6 is 22.6 Å². The lowest BCUT2D eigenvalue weighted by Crippen LogP contribution is -2.43. The Hall–Kier alpha value is -0.330. The highest BCUT2D eigenvalue weighted by atomic mass is 127. The van der Waals surface area contributed by atoms with Gasteiger partial charge in [0.15, 0.2) is 0 Å². The number of hydrogen-bond acceptors (Lipinski definition) is 2. The van der Waals surface area contributed by atoms with Crippen LogP contribution in [0.25, 0.3) is 0 Å². The molecule has 0 aliphatic carbocycles. The number of amides is 1. The van der Waals surface area contributed by atoms with Crippen molar-refractivity contribution in [3.8, 4) is 0 Å². The standard InChI is InChI=1S/C9H14INO3/c1-6(5-10)8(12)11-4-2-3-7(11)9(13)14/h6-7H,2-5H2,1H3,(H,13,14). The summed E-state index contributed by atoms with van der Waals surface area (Å²) in [4.78, 5) is 24.1. The molecule has 5 heteroatoms. The van der Waals surface area contributed by atoms with Gasteiger partial charge in [0, 0.05) is 16.9 Å². The molecule has 14 heavy (non-hydrogen) atoms. The zero-order valence-corrected chi connectivity index (χ0v) is 10.2. The van der Waals surface area contributed by atoms with Crippen LogP contribution in [0.2, 0.25) is 0 Å². The minimum atomic E-state index is -0.878. The molecule has 2 unspecified atom stereocenters. The van der Waals surface area contributed by atoms with E-state index in [0.717, 1.165) is 10.8 Å². The van der Waals surface area contributed by atoms with Gasteiger partial charge >= 0.3 is 5.97 Å². The van der Waals surface area contributed by atoms with Crippen molar-refractivity contribution in [3.63, 3.8) is 0 Å². The number of carbonyl (C=O) groups excluding carboxylic acids is 1. The SMILES string of the molecule is CC(CI)C(=O)N1CCCC1C(=O)O. The monoisotopic (exact) mass is 311 g/mol. The molecular formula is C9H14INO3. The summed E-state index contributed by atoms with van der Waals surface area (Å²) < 4.78 is 0.736. The summed E-state index contributed by atoms with van der Waals surface area (Å²) in [5, 5.41) is 8.89. The van der Waals surface area contributed by atoms with Gasteiger partial charge in [0.05, 0.1) is 0 Å². The molecule has 1 rings (SSSR count). The lowest BCUT2D eigenvalue weighted by atomic mass is 10.1. The number of aliphatic carboxylic acids is 1. The van der Waals surface area contributed by atoms with Gasteiger partial charge in [-0.2, -0.15) is 0 Å². The van der Waals surface area contributed by atoms with E-state index < -0.39 is 12.0 Å². The van der Waals surface area contributed by atoms with E-state index in [2.05, 4.69) is 22.6 Å². The Kier molecular flexibility index (Phi) is 4.15. The van der Waals surface area contributed by atoms with E-state index in [1.165, 1.54) is 4.90 Å². The van der Waals surface area contributed by atoms with Crippen molar-refractivity contribution in [2.45, 2.75) is 25.8 Å². The average molecular weight is 311 g/mol. The smallest absolute Gasteiger partial charge is 0.326 e. The number of halogens is 1. The van der Waals surface area contributed by atoms with Crippen LogP contribution in [0.3, 0.4) is 0 Å². The van der Waals surface area contributed by atoms with Crippen molar-refractivity contribution in [1.82, 2.24) is 4.90 Å². The minimum Gasteiger partial charge on any atom is -0.480 e. The number of carboxylic acids is 1. The second-order valence-corrected chi connectivity index (χ2v) is 4.46. The first-order valence-electron chi connectivity index (χ1n) is 4.67. The fourth-order valence-electron chi connectivity index (χ4n) is 1.64. The van der Waals surface area contributed by atoms with Crippen LogP contribution in [0, 0.1) is 5.92 Å². The molecule has 0 spiro atoms. The summed E-state index contributed by atoms with van der Waals surface area (Å²) in [6.45, 7) is 2.43. The van der Waals surface area contributed by atoms with Gasteiger partial charge in [-0.15, -0.1) is 0 Å². The van der Waals surface area contributed by atoms with E-state index >= 15 is 0 Å². The Bertz CT molecular complexity index is 244. The first-order chi connectivity index (χ1) is 6.57. The second-order valence-electron chi connectivity index (χ2n) is 3.58. The predicted molar refractivity (Wildman–Crippen MR) is 60.4 cm³/mol. The highest BCUT2D eigenvalue weighted by molar-refractivity contribution is 14.1. The molecule has 0 aromatic rings. The largest absolute Gasteiger partial charge is 0.480 e. The Balaban J connectivity index is 2.67. The van der Waals surface area contributed by atoms with Crippen LogP contribution in [-0.4, -0.2) is 38.9 Å². The normalized spacial score (nSPS) is 23.6. The van der Waals surface area contributed by atoms with Crippen molar-refractivity contribution >= 4 is 34.5 Å². The fourth-order valence-corrected chi connectivity index (χ4v) is 2.01. The first kappa shape index (κ1) is 11.7. The van der Waals surface area contributed by atoms with Gasteiger partial charge in [0.2, 0.25) is 5.91 Å². The van der Waals surface area contributed by atoms with E-state index in [0.29, 0.717) is 13.0 Å². The van der Waals surface area contributed by atoms with Gasteiger partial charge < -0.3 is 10.0 Å². The van der Waals surface area contributed by atoms with Crippen LogP contribution < -0.4 is 0 Å². The summed E-state index contributed by atoms with van der Waals surface area (Å²) in [7, 11) is 0. The van der Waals surface area contributed by atoms with Crippen LogP contribution in [0.4, 0.5) is 0 Å². The number of nitrogens with zero attached hydrogens (tertiary/aromatic N) is 1. The molecule has 0 saturated carbocycles. The van der Waals surface area contributed by atoms with Crippen molar-refractivity contribution in [2.75, 3.05) is 11.0 Å². The molecule has 0 aromatic heterocycles. The van der Waals surface area contributed by atoms with Gasteiger partial charge in [-0.25, -0.2) is 4.79 Å². The Morgan fingerprint density at radius 2 is 2.29 bits per heavy atom. The summed E-state index contributed by atoms with van der Waals surface area (Å²) >= 11 is 2.14. The Labute approximate surface area is 96.8 Å². The topological polar surface area (TPSA) is 57.6 Å². The van der Waals surface area contributed by atoms with E-state index in [1.54, 1.807) is 0 Å². The van der Waals surface area contributed by atoms with Crippen molar-refractivity contribution in [3.05, 3.63) is 0 Å². The molecule has 1 fully saturated rings. The van der Waals surface area contributed by atoms with Crippen LogP contribution in [0.15, 0.2) is 0 Å². The van der Waals surface area contributed by atoms with Crippen LogP contribution in [0.5, 0.6) is 0 Å². The zero-order chi connectivity index (χ0) is 10.7. The van der Waals surface area contributed by atoms with Gasteiger partial charge in [-0.3, -0.25) is 4.79 Å². The molecule has 1 amide bonds. The third kappa shape index (κ3) is 2.37. The second kappa shape index (κ2) is 4.95. The van der Waals surface area contributed by atoms with E-state index in [4.69, 9.17) is 5.11 Å². The van der Waals surface area contributed by atoms with Gasteiger partial charge in [0.1, 0.15) is 6.04 Å². The summed E-state index contributed by atoms with van der Waals surface area (Å²) in [6.07, 6.45) is 1.39. The highest BCUT2D eigenvalue weighted by Gasteiger charge is 2.35. The highest BCUT2D eigenvalue weighted by Crippen LogP contribution is 2.20. The summed E-state index contributed by atoms with van der Waals surface area (Å²) in [5.41, 5.74) is 0. The molecule has 80 valence electrons. The third-order valence-corrected chi connectivity index (χ3v) is 3.80. The van der Waals surface area contributed by atoms with Crippen molar-refractivity contribution < 1.29 is 14.7 Å². The minimum absolute atomic E-state index is 0.0238. The van der Waals surface area contributed by atoms with Crippen molar-refractivity contribution in [1.29, 1.82) is 0 Å². The zero-order valence-electron chi connectivity index (χ0n) is 8.07. The maximum absolute atomic E-state index is 11.7. The number of rotatable bonds is 3. The molecule has 1 saturated heterocycles. The molecule has 1 aliphatic heterocycles. The lowest BCUT2D eigenvalue weighted by molar-refractivity contribution is -0.149. The first-order valence-corrected chi connectivity index (χ1v) is 6.19. The molecule has 1 heterocycles. The van der Waals surface area contributed by atoms with E-state index in [9.17, 15) is 9.59 Å². The van der Waals surface area contributed by atoms with Gasteiger partial charge in [0.25, 0.3) is 0 Å². The third-order valence-electron chi connectivity index (χ3n) is 2.47. The van der Waals surface area contributed by atoms with Gasteiger partial charge in [-0.1, -0.05) is 29.5 Å². The molecule has 1 aliphatic rings. The molecule has 0 aromatic carbocycles.